The summed E-state index contributed by atoms with van der Waals surface area (Å²) in [6, 6.07) is -1.04. The third-order valence-electron chi connectivity index (χ3n) is 11.4. The number of aliphatic hydroxyl groups is 5. The molecule has 0 bridgehead atoms. The Morgan fingerprint density at radius 2 is 1.59 bits per heavy atom. The highest BCUT2D eigenvalue weighted by Gasteiger charge is 2.52. The molecule has 6 N–H and O–H groups in total. The van der Waals surface area contributed by atoms with E-state index in [1.165, 1.54) is 13.3 Å². The van der Waals surface area contributed by atoms with Gasteiger partial charge in [0.1, 0.15) is 48.8 Å². The van der Waals surface area contributed by atoms with Crippen molar-refractivity contribution < 1.29 is 58.8 Å². The molecule has 0 aromatic heterocycles. The van der Waals surface area contributed by atoms with Crippen LogP contribution < -0.4 is 5.32 Å². The summed E-state index contributed by atoms with van der Waals surface area (Å²) in [6.45, 7) is 7.79. The number of carbonyl (C=O) groups is 2. The predicted octanol–water partition coefficient (Wildman–Crippen LogP) is 0.580. The highest BCUT2D eigenvalue weighted by atomic mass is 16.7. The lowest BCUT2D eigenvalue weighted by Gasteiger charge is -2.49. The molecule has 3 aliphatic heterocycles. The van der Waals surface area contributed by atoms with Crippen LogP contribution in [-0.2, 0) is 33.3 Å². The zero-order chi connectivity index (χ0) is 35.4. The molecular weight excluding hydrogens is 640 g/mol. The summed E-state index contributed by atoms with van der Waals surface area (Å²) in [5, 5.41) is 56.2. The van der Waals surface area contributed by atoms with Crippen LogP contribution in [0.3, 0.4) is 0 Å². The third-order valence-corrected chi connectivity index (χ3v) is 11.4. The number of hydrogen-bond acceptors (Lipinski definition) is 12. The largest absolute Gasteiger partial charge is 0.394 e. The standard InChI is InChI=1S/C35H60N2O12/c1-5-22-14-18(2)15-23(31(22)49-35-30(43)29(42)27(40)19(3)45-35)47-34-26(36-20(4)39)32(28(41)25(17-38)48-34)46-24(33(44)37-12-9-13-37)16-21-10-7-6-8-11-21/h18-19,21-32,34-35,38,40-43H,5-17H2,1-4H3,(H,36,39)/t18?,19?,22?,23-,24+,25+,26?,27-,28+,29+,30?,31+,32?,34-,35+/m1/s1. The van der Waals surface area contributed by atoms with Gasteiger partial charge in [-0.05, 0) is 50.4 Å². The number of rotatable bonds is 12. The van der Waals surface area contributed by atoms with Gasteiger partial charge in [0, 0.05) is 20.0 Å². The quantitative estimate of drug-likeness (QED) is 0.166. The Labute approximate surface area is 289 Å². The fraction of sp³-hybridized carbons (Fsp3) is 0.943. The predicted molar refractivity (Wildman–Crippen MR) is 175 cm³/mol. The number of carbonyl (C=O) groups excluding carboxylic acids is 2. The Hall–Kier alpha value is -1.46. The first-order chi connectivity index (χ1) is 23.4. The van der Waals surface area contributed by atoms with E-state index in [1.807, 2.05) is 6.92 Å². The summed E-state index contributed by atoms with van der Waals surface area (Å²) in [5.74, 6) is -0.0792. The molecule has 5 aliphatic rings. The summed E-state index contributed by atoms with van der Waals surface area (Å²) in [4.78, 5) is 28.1. The highest BCUT2D eigenvalue weighted by molar-refractivity contribution is 5.81. The normalized spacial score (nSPS) is 42.7. The molecule has 282 valence electrons. The van der Waals surface area contributed by atoms with E-state index in [0.717, 1.165) is 38.5 Å². The molecular formula is C35H60N2O12. The summed E-state index contributed by atoms with van der Waals surface area (Å²) >= 11 is 0. The van der Waals surface area contributed by atoms with Gasteiger partial charge >= 0.3 is 0 Å². The lowest BCUT2D eigenvalue weighted by molar-refractivity contribution is -0.338. The smallest absolute Gasteiger partial charge is 0.251 e. The molecule has 0 radical (unpaired) electrons. The molecule has 2 aliphatic carbocycles. The number of ether oxygens (including phenoxy) is 5. The van der Waals surface area contributed by atoms with Crippen molar-refractivity contribution in [3.63, 3.8) is 0 Å². The number of nitrogens with one attached hydrogen (secondary N) is 1. The van der Waals surface area contributed by atoms with Gasteiger partial charge in [-0.1, -0.05) is 52.4 Å². The molecule has 14 heteroatoms. The van der Waals surface area contributed by atoms with E-state index in [9.17, 15) is 35.1 Å². The minimum atomic E-state index is -1.50. The van der Waals surface area contributed by atoms with Crippen molar-refractivity contribution >= 4 is 11.8 Å². The molecule has 3 heterocycles. The highest BCUT2D eigenvalue weighted by Crippen LogP contribution is 2.39. The molecule has 49 heavy (non-hydrogen) atoms. The van der Waals surface area contributed by atoms with Crippen LogP contribution in [0, 0.1) is 17.8 Å². The van der Waals surface area contributed by atoms with Crippen molar-refractivity contribution in [2.45, 2.75) is 172 Å². The first-order valence-electron chi connectivity index (χ1n) is 18.6. The fourth-order valence-corrected chi connectivity index (χ4v) is 8.37. The molecule has 15 atom stereocenters. The van der Waals surface area contributed by atoms with Crippen molar-refractivity contribution in [2.75, 3.05) is 19.7 Å². The third kappa shape index (κ3) is 9.13. The Bertz CT molecular complexity index is 1080. The van der Waals surface area contributed by atoms with Gasteiger partial charge in [0.25, 0.3) is 5.91 Å². The molecule has 3 saturated heterocycles. The number of nitrogens with zero attached hydrogens (tertiary/aromatic N) is 1. The molecule has 2 amide bonds. The second-order valence-corrected chi connectivity index (χ2v) is 15.2. The number of hydrogen-bond donors (Lipinski definition) is 6. The van der Waals surface area contributed by atoms with Crippen molar-refractivity contribution in [1.29, 1.82) is 0 Å². The molecule has 5 fully saturated rings. The Morgan fingerprint density at radius 1 is 0.878 bits per heavy atom. The van der Waals surface area contributed by atoms with Crippen molar-refractivity contribution in [3.8, 4) is 0 Å². The minimum Gasteiger partial charge on any atom is -0.394 e. The monoisotopic (exact) mass is 700 g/mol. The molecule has 0 spiro atoms. The van der Waals surface area contributed by atoms with Crippen LogP contribution in [-0.4, -0.2) is 142 Å². The second kappa shape index (κ2) is 17.4. The average Bonchev–Trinajstić information content (AvgIpc) is 3.05. The van der Waals surface area contributed by atoms with Gasteiger partial charge in [-0.2, -0.15) is 0 Å². The minimum absolute atomic E-state index is 0.0352. The maximum atomic E-state index is 13.7. The number of amides is 2. The molecule has 0 aromatic carbocycles. The van der Waals surface area contributed by atoms with Crippen LogP contribution in [0.2, 0.25) is 0 Å². The Kier molecular flexibility index (Phi) is 13.7. The summed E-state index contributed by atoms with van der Waals surface area (Å²) in [6.07, 6.45) is -4.45. The van der Waals surface area contributed by atoms with Crippen LogP contribution in [0.4, 0.5) is 0 Å². The summed E-state index contributed by atoms with van der Waals surface area (Å²) in [7, 11) is 0. The van der Waals surface area contributed by atoms with Gasteiger partial charge < -0.3 is 59.4 Å². The zero-order valence-electron chi connectivity index (χ0n) is 29.5. The molecule has 2 saturated carbocycles. The van der Waals surface area contributed by atoms with E-state index in [2.05, 4.69) is 12.2 Å². The Morgan fingerprint density at radius 3 is 2.20 bits per heavy atom. The second-order valence-electron chi connectivity index (χ2n) is 15.2. The van der Waals surface area contributed by atoms with Gasteiger partial charge in [-0.3, -0.25) is 9.59 Å². The van der Waals surface area contributed by atoms with Gasteiger partial charge in [0.15, 0.2) is 12.6 Å². The summed E-state index contributed by atoms with van der Waals surface area (Å²) < 4.78 is 31.6. The van der Waals surface area contributed by atoms with Crippen LogP contribution in [0.1, 0.15) is 91.9 Å². The zero-order valence-corrected chi connectivity index (χ0v) is 29.5. The van der Waals surface area contributed by atoms with Crippen molar-refractivity contribution in [1.82, 2.24) is 10.2 Å². The van der Waals surface area contributed by atoms with Crippen molar-refractivity contribution in [3.05, 3.63) is 0 Å². The fourth-order valence-electron chi connectivity index (χ4n) is 8.37. The van der Waals surface area contributed by atoms with Gasteiger partial charge in [0.2, 0.25) is 5.91 Å². The van der Waals surface area contributed by atoms with Crippen molar-refractivity contribution in [2.24, 2.45) is 17.8 Å². The van der Waals surface area contributed by atoms with E-state index in [-0.39, 0.29) is 17.7 Å². The lowest BCUT2D eigenvalue weighted by atomic mass is 9.77. The average molecular weight is 701 g/mol. The maximum absolute atomic E-state index is 13.7. The van der Waals surface area contributed by atoms with Crippen LogP contribution in [0.15, 0.2) is 0 Å². The van der Waals surface area contributed by atoms with E-state index in [1.54, 1.807) is 11.8 Å². The maximum Gasteiger partial charge on any atom is 0.251 e. The SMILES string of the molecule is CCC1CC(C)C[C@@H](O[C@@H]2O[C@@H](CO)[C@H](O)C(O[C@@H](CC3CCCCC3)C(=O)N3CCC3)C2NC(C)=O)[C@H]1O[C@@H]1OC(C)[C@@H](O)[C@H](O)C1O. The Balaban J connectivity index is 1.41. The van der Waals surface area contributed by atoms with E-state index in [4.69, 9.17) is 23.7 Å². The number of likely N-dealkylation sites (tertiary alicyclic amines) is 1. The van der Waals surface area contributed by atoms with E-state index < -0.39 is 92.2 Å². The van der Waals surface area contributed by atoms with Gasteiger partial charge in [-0.15, -0.1) is 0 Å². The van der Waals surface area contributed by atoms with Crippen LogP contribution >= 0.6 is 0 Å². The molecule has 14 nitrogen and oxygen atoms in total. The first-order valence-corrected chi connectivity index (χ1v) is 18.6. The van der Waals surface area contributed by atoms with Gasteiger partial charge in [0.05, 0.1) is 24.9 Å². The molecule has 6 unspecified atom stereocenters. The van der Waals surface area contributed by atoms with Gasteiger partial charge in [-0.25, -0.2) is 0 Å². The van der Waals surface area contributed by atoms with Crippen LogP contribution in [0.5, 0.6) is 0 Å². The molecule has 5 rings (SSSR count). The lowest BCUT2D eigenvalue weighted by Crippen LogP contribution is -2.67. The van der Waals surface area contributed by atoms with Crippen LogP contribution in [0.25, 0.3) is 0 Å². The topological polar surface area (TPSA) is 197 Å². The summed E-state index contributed by atoms with van der Waals surface area (Å²) in [5.41, 5.74) is 0. The van der Waals surface area contributed by atoms with E-state index >= 15 is 0 Å². The molecule has 0 aromatic rings. The first kappa shape index (κ1) is 38.8. The van der Waals surface area contributed by atoms with E-state index in [0.29, 0.717) is 38.3 Å². The number of aliphatic hydroxyl groups excluding tert-OH is 5.